The minimum absolute atomic E-state index is 0.0244. The molecule has 4 bridgehead atoms. The van der Waals surface area contributed by atoms with E-state index in [0.29, 0.717) is 5.82 Å². The largest absolute Gasteiger partial charge is 0.347 e. The molecule has 0 aromatic carbocycles. The fraction of sp³-hybridized carbons (Fsp3) is 0.632. The van der Waals surface area contributed by atoms with Crippen LogP contribution in [0.1, 0.15) is 44.1 Å². The van der Waals surface area contributed by atoms with E-state index in [1.807, 2.05) is 19.1 Å². The average Bonchev–Trinajstić information content (AvgIpc) is 2.53. The first kappa shape index (κ1) is 15.6. The Kier molecular flexibility index (Phi) is 3.82. The first-order valence-electron chi connectivity index (χ1n) is 9.04. The molecular weight excluding hydrogens is 302 g/mol. The standard InChI is InChI=1S/C19H25N3O2/c1-12-3-2-4-20-17(12)22-16(23)11-21-18(24)19-8-13-5-14(9-19)7-15(6-13)10-19/h2-4,13-15H,5-11H2,1H3,(H,21,24)(H,20,22,23). The topological polar surface area (TPSA) is 71.1 Å². The molecule has 0 aliphatic heterocycles. The van der Waals surface area contributed by atoms with Gasteiger partial charge >= 0.3 is 0 Å². The lowest BCUT2D eigenvalue weighted by atomic mass is 9.49. The van der Waals surface area contributed by atoms with E-state index in [9.17, 15) is 9.59 Å². The number of hydrogen-bond acceptors (Lipinski definition) is 3. The summed E-state index contributed by atoms with van der Waals surface area (Å²) in [5.74, 6) is 2.63. The number of hydrogen-bond donors (Lipinski definition) is 2. The van der Waals surface area contributed by atoms with Crippen molar-refractivity contribution in [3.05, 3.63) is 23.9 Å². The summed E-state index contributed by atoms with van der Waals surface area (Å²) in [4.78, 5) is 29.1. The van der Waals surface area contributed by atoms with Crippen molar-refractivity contribution in [3.63, 3.8) is 0 Å². The van der Waals surface area contributed by atoms with E-state index in [1.54, 1.807) is 6.20 Å². The summed E-state index contributed by atoms with van der Waals surface area (Å²) >= 11 is 0. The van der Waals surface area contributed by atoms with E-state index in [1.165, 1.54) is 19.3 Å². The highest BCUT2D eigenvalue weighted by molar-refractivity contribution is 5.95. The molecule has 128 valence electrons. The van der Waals surface area contributed by atoms with Gasteiger partial charge in [-0.25, -0.2) is 4.98 Å². The van der Waals surface area contributed by atoms with Crippen LogP contribution in [0.25, 0.3) is 0 Å². The minimum atomic E-state index is -0.213. The Morgan fingerprint density at radius 1 is 1.17 bits per heavy atom. The van der Waals surface area contributed by atoms with Crippen LogP contribution in [-0.4, -0.2) is 23.3 Å². The van der Waals surface area contributed by atoms with E-state index in [2.05, 4.69) is 15.6 Å². The molecule has 0 spiro atoms. The number of pyridine rings is 1. The summed E-state index contributed by atoms with van der Waals surface area (Å²) in [7, 11) is 0. The van der Waals surface area contributed by atoms with Crippen LogP contribution in [0.3, 0.4) is 0 Å². The molecule has 5 heteroatoms. The third-order valence-electron chi connectivity index (χ3n) is 6.20. The number of rotatable bonds is 4. The van der Waals surface area contributed by atoms with E-state index >= 15 is 0 Å². The van der Waals surface area contributed by atoms with Gasteiger partial charge in [-0.05, 0) is 74.8 Å². The summed E-state index contributed by atoms with van der Waals surface area (Å²) in [6, 6.07) is 3.73. The zero-order valence-electron chi connectivity index (χ0n) is 14.2. The second kappa shape index (κ2) is 5.87. The average molecular weight is 327 g/mol. The van der Waals surface area contributed by atoms with Crippen molar-refractivity contribution in [2.45, 2.75) is 45.4 Å². The molecule has 4 aliphatic carbocycles. The van der Waals surface area contributed by atoms with E-state index < -0.39 is 0 Å². The van der Waals surface area contributed by atoms with Gasteiger partial charge < -0.3 is 10.6 Å². The maximum absolute atomic E-state index is 12.8. The lowest BCUT2D eigenvalue weighted by Crippen LogP contribution is -2.54. The predicted molar refractivity (Wildman–Crippen MR) is 91.2 cm³/mol. The van der Waals surface area contributed by atoms with Crippen molar-refractivity contribution in [2.24, 2.45) is 23.2 Å². The maximum Gasteiger partial charge on any atom is 0.244 e. The smallest absolute Gasteiger partial charge is 0.244 e. The van der Waals surface area contributed by atoms with Gasteiger partial charge in [0.25, 0.3) is 0 Å². The molecule has 4 saturated carbocycles. The highest BCUT2D eigenvalue weighted by Crippen LogP contribution is 2.60. The molecule has 2 N–H and O–H groups in total. The summed E-state index contributed by atoms with van der Waals surface area (Å²) in [5.41, 5.74) is 0.717. The number of nitrogens with one attached hydrogen (secondary N) is 2. The molecule has 5 rings (SSSR count). The summed E-state index contributed by atoms with van der Waals surface area (Å²) in [6.45, 7) is 1.92. The lowest BCUT2D eigenvalue weighted by Gasteiger charge is -2.55. The molecule has 4 aliphatic rings. The molecule has 0 saturated heterocycles. The Morgan fingerprint density at radius 2 is 1.79 bits per heavy atom. The zero-order valence-corrected chi connectivity index (χ0v) is 14.2. The molecule has 1 aromatic rings. The predicted octanol–water partition coefficient (Wildman–Crippen LogP) is 2.66. The molecule has 0 unspecified atom stereocenters. The molecular formula is C19H25N3O2. The highest BCUT2D eigenvalue weighted by atomic mass is 16.2. The Labute approximate surface area is 142 Å². The number of carbonyl (C=O) groups excluding carboxylic acids is 2. The second-order valence-electron chi connectivity index (χ2n) is 8.10. The third kappa shape index (κ3) is 2.80. The number of anilines is 1. The fourth-order valence-electron chi connectivity index (χ4n) is 5.53. The van der Waals surface area contributed by atoms with Crippen LogP contribution in [0.4, 0.5) is 5.82 Å². The van der Waals surface area contributed by atoms with Crippen LogP contribution >= 0.6 is 0 Å². The van der Waals surface area contributed by atoms with Gasteiger partial charge in [0.15, 0.2) is 0 Å². The van der Waals surface area contributed by atoms with Gasteiger partial charge in [-0.2, -0.15) is 0 Å². The fourth-order valence-corrected chi connectivity index (χ4v) is 5.53. The van der Waals surface area contributed by atoms with Crippen LogP contribution in [0.5, 0.6) is 0 Å². The van der Waals surface area contributed by atoms with Crippen LogP contribution in [-0.2, 0) is 9.59 Å². The van der Waals surface area contributed by atoms with Gasteiger partial charge in [0.05, 0.1) is 6.54 Å². The number of carbonyl (C=O) groups is 2. The van der Waals surface area contributed by atoms with Crippen LogP contribution in [0.15, 0.2) is 18.3 Å². The van der Waals surface area contributed by atoms with Crippen molar-refractivity contribution in [3.8, 4) is 0 Å². The first-order chi connectivity index (χ1) is 11.5. The maximum atomic E-state index is 12.8. The van der Waals surface area contributed by atoms with E-state index in [4.69, 9.17) is 0 Å². The summed E-state index contributed by atoms with van der Waals surface area (Å²) < 4.78 is 0. The number of aryl methyl sites for hydroxylation is 1. The molecule has 0 radical (unpaired) electrons. The van der Waals surface area contributed by atoms with Crippen molar-refractivity contribution in [1.82, 2.24) is 10.3 Å². The Hall–Kier alpha value is -1.91. The molecule has 1 heterocycles. The highest BCUT2D eigenvalue weighted by Gasteiger charge is 2.54. The minimum Gasteiger partial charge on any atom is -0.347 e. The Balaban J connectivity index is 1.35. The monoisotopic (exact) mass is 327 g/mol. The van der Waals surface area contributed by atoms with Gasteiger partial charge in [0, 0.05) is 11.6 Å². The third-order valence-corrected chi connectivity index (χ3v) is 6.20. The Bertz CT molecular complexity index is 635. The first-order valence-corrected chi connectivity index (χ1v) is 9.04. The zero-order chi connectivity index (χ0) is 16.7. The molecule has 4 fully saturated rings. The lowest BCUT2D eigenvalue weighted by molar-refractivity contribution is -0.146. The molecule has 1 aromatic heterocycles. The van der Waals surface area contributed by atoms with Crippen LogP contribution in [0, 0.1) is 30.1 Å². The SMILES string of the molecule is Cc1cccnc1NC(=O)CNC(=O)C12CC3CC(CC(C3)C1)C2. The van der Waals surface area contributed by atoms with Crippen molar-refractivity contribution >= 4 is 17.6 Å². The van der Waals surface area contributed by atoms with Crippen molar-refractivity contribution in [1.29, 1.82) is 0 Å². The van der Waals surface area contributed by atoms with Gasteiger partial charge in [-0.3, -0.25) is 9.59 Å². The van der Waals surface area contributed by atoms with Gasteiger partial charge in [-0.15, -0.1) is 0 Å². The molecule has 5 nitrogen and oxygen atoms in total. The van der Waals surface area contributed by atoms with Crippen LogP contribution < -0.4 is 10.6 Å². The van der Waals surface area contributed by atoms with Crippen LogP contribution in [0.2, 0.25) is 0 Å². The van der Waals surface area contributed by atoms with Gasteiger partial charge in [-0.1, -0.05) is 6.07 Å². The van der Waals surface area contributed by atoms with E-state index in [0.717, 1.165) is 42.6 Å². The summed E-state index contributed by atoms with van der Waals surface area (Å²) in [6.07, 6.45) is 8.64. The normalized spacial score (nSPS) is 33.3. The number of nitrogens with zero attached hydrogens (tertiary/aromatic N) is 1. The summed E-state index contributed by atoms with van der Waals surface area (Å²) in [5, 5.41) is 5.67. The Morgan fingerprint density at radius 3 is 2.38 bits per heavy atom. The van der Waals surface area contributed by atoms with Crippen molar-refractivity contribution < 1.29 is 9.59 Å². The number of aromatic nitrogens is 1. The molecule has 0 atom stereocenters. The second-order valence-corrected chi connectivity index (χ2v) is 8.10. The van der Waals surface area contributed by atoms with Gasteiger partial charge in [0.1, 0.15) is 5.82 Å². The quantitative estimate of drug-likeness (QED) is 0.893. The van der Waals surface area contributed by atoms with E-state index in [-0.39, 0.29) is 23.8 Å². The number of amides is 2. The van der Waals surface area contributed by atoms with Gasteiger partial charge in [0.2, 0.25) is 11.8 Å². The molecule has 2 amide bonds. The molecule has 24 heavy (non-hydrogen) atoms. The van der Waals surface area contributed by atoms with Crippen molar-refractivity contribution in [2.75, 3.05) is 11.9 Å².